The summed E-state index contributed by atoms with van der Waals surface area (Å²) in [5, 5.41) is 9.11. The molecular formula is C17H17FN4O3. The fraction of sp³-hybridized carbons (Fsp3) is 0.235. The van der Waals surface area contributed by atoms with Crippen molar-refractivity contribution < 1.29 is 14.3 Å². The molecule has 1 aliphatic rings. The van der Waals surface area contributed by atoms with Gasteiger partial charge in [-0.2, -0.15) is 0 Å². The third kappa shape index (κ3) is 2.91. The normalized spacial score (nSPS) is 14.0. The van der Waals surface area contributed by atoms with Gasteiger partial charge in [0, 0.05) is 32.0 Å². The molecule has 130 valence electrons. The van der Waals surface area contributed by atoms with Gasteiger partial charge in [-0.3, -0.25) is 4.79 Å². The number of rotatable bonds is 4. The van der Waals surface area contributed by atoms with Gasteiger partial charge in [0.15, 0.2) is 11.6 Å². The van der Waals surface area contributed by atoms with Crippen LogP contribution < -0.4 is 16.1 Å². The minimum atomic E-state index is -1.35. The van der Waals surface area contributed by atoms with Crippen molar-refractivity contribution in [1.29, 1.82) is 0 Å². The maximum Gasteiger partial charge on any atom is 0.341 e. The SMILES string of the molecule is CCn1cc(C(=O)O)c(=O)c2cc(F)c(N3C=C(CN)C=CC3)nc21. The third-order valence-corrected chi connectivity index (χ3v) is 4.02. The number of carboxylic acids is 1. The number of aromatic carboxylic acids is 1. The van der Waals surface area contributed by atoms with Gasteiger partial charge in [0.25, 0.3) is 0 Å². The number of aryl methyl sites for hydroxylation is 1. The summed E-state index contributed by atoms with van der Waals surface area (Å²) in [5.74, 6) is -1.99. The zero-order chi connectivity index (χ0) is 18.1. The molecule has 2 aromatic heterocycles. The molecule has 0 unspecified atom stereocenters. The van der Waals surface area contributed by atoms with Crippen LogP contribution in [-0.2, 0) is 6.54 Å². The topological polar surface area (TPSA) is 101 Å². The minimum absolute atomic E-state index is 0.0569. The van der Waals surface area contributed by atoms with Crippen molar-refractivity contribution in [1.82, 2.24) is 9.55 Å². The summed E-state index contributed by atoms with van der Waals surface area (Å²) in [4.78, 5) is 29.5. The number of hydrogen-bond acceptors (Lipinski definition) is 5. The molecule has 0 bridgehead atoms. The largest absolute Gasteiger partial charge is 0.477 e. The van der Waals surface area contributed by atoms with Crippen LogP contribution >= 0.6 is 0 Å². The number of carbonyl (C=O) groups is 1. The fourth-order valence-electron chi connectivity index (χ4n) is 2.75. The second-order valence-corrected chi connectivity index (χ2v) is 5.59. The van der Waals surface area contributed by atoms with Crippen molar-refractivity contribution in [2.75, 3.05) is 18.0 Å². The number of fused-ring (bicyclic) bond motifs is 1. The highest BCUT2D eigenvalue weighted by atomic mass is 19.1. The van der Waals surface area contributed by atoms with E-state index >= 15 is 0 Å². The quantitative estimate of drug-likeness (QED) is 0.871. The second kappa shape index (κ2) is 6.48. The molecule has 0 atom stereocenters. The van der Waals surface area contributed by atoms with Crippen LogP contribution in [0, 0.1) is 5.82 Å². The number of nitrogens with zero attached hydrogens (tertiary/aromatic N) is 3. The van der Waals surface area contributed by atoms with E-state index < -0.39 is 22.8 Å². The van der Waals surface area contributed by atoms with Gasteiger partial charge in [0.05, 0.1) is 5.39 Å². The minimum Gasteiger partial charge on any atom is -0.477 e. The Morgan fingerprint density at radius 1 is 1.48 bits per heavy atom. The van der Waals surface area contributed by atoms with E-state index in [0.29, 0.717) is 19.6 Å². The molecule has 3 heterocycles. The number of nitrogens with two attached hydrogens (primary N) is 1. The summed E-state index contributed by atoms with van der Waals surface area (Å²) in [7, 11) is 0. The zero-order valence-corrected chi connectivity index (χ0v) is 13.6. The zero-order valence-electron chi connectivity index (χ0n) is 13.6. The van der Waals surface area contributed by atoms with Crippen LogP contribution in [0.2, 0.25) is 0 Å². The number of halogens is 1. The molecule has 25 heavy (non-hydrogen) atoms. The first-order valence-electron chi connectivity index (χ1n) is 7.77. The first kappa shape index (κ1) is 16.8. The summed E-state index contributed by atoms with van der Waals surface area (Å²) in [6.07, 6.45) is 6.64. The Bertz CT molecular complexity index is 978. The molecule has 0 amide bonds. The average molecular weight is 344 g/mol. The third-order valence-electron chi connectivity index (χ3n) is 4.02. The Kier molecular flexibility index (Phi) is 4.37. The van der Waals surface area contributed by atoms with Crippen molar-refractivity contribution >= 4 is 22.8 Å². The Labute approximate surface area is 142 Å². The molecule has 8 heteroatoms. The van der Waals surface area contributed by atoms with Crippen LogP contribution in [0.3, 0.4) is 0 Å². The van der Waals surface area contributed by atoms with Crippen LogP contribution in [0.25, 0.3) is 11.0 Å². The number of pyridine rings is 2. The van der Waals surface area contributed by atoms with E-state index in [4.69, 9.17) is 10.8 Å². The van der Waals surface area contributed by atoms with Gasteiger partial charge >= 0.3 is 5.97 Å². The Hall–Kier alpha value is -3.00. The van der Waals surface area contributed by atoms with E-state index in [-0.39, 0.29) is 16.9 Å². The average Bonchev–Trinajstić information content (AvgIpc) is 2.61. The second-order valence-electron chi connectivity index (χ2n) is 5.59. The summed E-state index contributed by atoms with van der Waals surface area (Å²) < 4.78 is 16.1. The molecule has 0 radical (unpaired) electrons. The molecule has 1 aliphatic heterocycles. The first-order valence-corrected chi connectivity index (χ1v) is 7.77. The van der Waals surface area contributed by atoms with Crippen LogP contribution in [0.15, 0.2) is 41.0 Å². The molecule has 3 N–H and O–H groups in total. The molecule has 3 rings (SSSR count). The van der Waals surface area contributed by atoms with E-state index in [1.807, 2.05) is 12.2 Å². The maximum atomic E-state index is 14.6. The van der Waals surface area contributed by atoms with Gasteiger partial charge in [-0.25, -0.2) is 14.2 Å². The summed E-state index contributed by atoms with van der Waals surface area (Å²) in [5.41, 5.74) is 5.53. The molecule has 0 saturated heterocycles. The van der Waals surface area contributed by atoms with Crippen molar-refractivity contribution in [3.8, 4) is 0 Å². The predicted octanol–water partition coefficient (Wildman–Crippen LogP) is 1.47. The van der Waals surface area contributed by atoms with Crippen LogP contribution in [0.5, 0.6) is 0 Å². The van der Waals surface area contributed by atoms with Crippen molar-refractivity contribution in [2.45, 2.75) is 13.5 Å². The van der Waals surface area contributed by atoms with Crippen LogP contribution in [0.4, 0.5) is 10.2 Å². The van der Waals surface area contributed by atoms with Gasteiger partial charge in [0.1, 0.15) is 11.2 Å². The molecule has 0 fully saturated rings. The van der Waals surface area contributed by atoms with E-state index in [1.54, 1.807) is 18.0 Å². The Morgan fingerprint density at radius 2 is 2.24 bits per heavy atom. The number of anilines is 1. The highest BCUT2D eigenvalue weighted by Crippen LogP contribution is 2.23. The summed E-state index contributed by atoms with van der Waals surface area (Å²) in [6.45, 7) is 2.90. The van der Waals surface area contributed by atoms with Gasteiger partial charge < -0.3 is 20.3 Å². The fourth-order valence-corrected chi connectivity index (χ4v) is 2.75. The van der Waals surface area contributed by atoms with E-state index in [0.717, 1.165) is 11.6 Å². The number of hydrogen-bond donors (Lipinski definition) is 2. The highest BCUT2D eigenvalue weighted by molar-refractivity contribution is 5.92. The Morgan fingerprint density at radius 3 is 2.88 bits per heavy atom. The molecule has 2 aromatic rings. The summed E-state index contributed by atoms with van der Waals surface area (Å²) >= 11 is 0. The van der Waals surface area contributed by atoms with Gasteiger partial charge in [0.2, 0.25) is 5.43 Å². The van der Waals surface area contributed by atoms with Crippen molar-refractivity contribution in [2.24, 2.45) is 5.73 Å². The molecule has 0 aliphatic carbocycles. The van der Waals surface area contributed by atoms with E-state index in [9.17, 15) is 14.0 Å². The molecule has 0 spiro atoms. The maximum absolute atomic E-state index is 14.6. The van der Waals surface area contributed by atoms with Crippen molar-refractivity contribution in [3.05, 3.63) is 57.8 Å². The molecule has 7 nitrogen and oxygen atoms in total. The van der Waals surface area contributed by atoms with Crippen LogP contribution in [-0.4, -0.2) is 33.7 Å². The lowest BCUT2D eigenvalue weighted by Gasteiger charge is -2.23. The van der Waals surface area contributed by atoms with Gasteiger partial charge in [-0.15, -0.1) is 0 Å². The highest BCUT2D eigenvalue weighted by Gasteiger charge is 2.20. The molecule has 0 saturated carbocycles. The van der Waals surface area contributed by atoms with Crippen molar-refractivity contribution in [3.63, 3.8) is 0 Å². The van der Waals surface area contributed by atoms with Crippen LogP contribution in [0.1, 0.15) is 17.3 Å². The lowest BCUT2D eigenvalue weighted by molar-refractivity contribution is 0.0695. The molecule has 0 aromatic carbocycles. The lowest BCUT2D eigenvalue weighted by atomic mass is 10.1. The lowest BCUT2D eigenvalue weighted by Crippen LogP contribution is -2.25. The van der Waals surface area contributed by atoms with E-state index in [2.05, 4.69) is 4.98 Å². The van der Waals surface area contributed by atoms with Gasteiger partial charge in [-0.05, 0) is 18.6 Å². The Balaban J connectivity index is 2.24. The van der Waals surface area contributed by atoms with Gasteiger partial charge in [-0.1, -0.05) is 12.2 Å². The summed E-state index contributed by atoms with van der Waals surface area (Å²) in [6, 6.07) is 1.05. The smallest absolute Gasteiger partial charge is 0.341 e. The standard InChI is InChI=1S/C17H17FN4O3/c1-2-21-9-12(17(24)25)14(23)11-6-13(18)16(20-15(11)21)22-5-3-4-10(7-19)8-22/h3-4,6,8-9H,2,5,7,19H2,1H3,(H,24,25). The number of carboxylic acid groups (broad SMARTS) is 1. The molecular weight excluding hydrogens is 327 g/mol. The monoisotopic (exact) mass is 344 g/mol. The predicted molar refractivity (Wildman–Crippen MR) is 92.2 cm³/mol. The first-order chi connectivity index (χ1) is 12.0. The number of aromatic nitrogens is 2. The van der Waals surface area contributed by atoms with E-state index in [1.165, 1.54) is 10.8 Å².